The average Bonchev–Trinajstić information content (AvgIpc) is 3.13. The maximum Gasteiger partial charge on any atom is 0.0750 e. The maximum atomic E-state index is 6.19. The number of ether oxygens (including phenoxy) is 1. The van der Waals surface area contributed by atoms with Gasteiger partial charge in [-0.2, -0.15) is 0 Å². The van der Waals surface area contributed by atoms with E-state index in [4.69, 9.17) is 10.5 Å². The van der Waals surface area contributed by atoms with E-state index in [0.29, 0.717) is 0 Å². The second-order valence-electron chi connectivity index (χ2n) is 4.73. The fourth-order valence-corrected chi connectivity index (χ4v) is 2.28. The van der Waals surface area contributed by atoms with Crippen molar-refractivity contribution in [3.05, 3.63) is 35.9 Å². The molecule has 1 fully saturated rings. The van der Waals surface area contributed by atoms with Gasteiger partial charge in [0.15, 0.2) is 0 Å². The highest BCUT2D eigenvalue weighted by Crippen LogP contribution is 2.35. The van der Waals surface area contributed by atoms with Crippen LogP contribution in [0, 0.1) is 5.92 Å². The lowest BCUT2D eigenvalue weighted by Gasteiger charge is -2.22. The molecule has 2 N–H and O–H groups in total. The first-order valence-corrected chi connectivity index (χ1v) is 6.13. The monoisotopic (exact) mass is 219 g/mol. The minimum absolute atomic E-state index is 0.178. The highest BCUT2D eigenvalue weighted by Gasteiger charge is 2.34. The first-order chi connectivity index (χ1) is 7.81. The molecule has 0 bridgehead atoms. The molecule has 16 heavy (non-hydrogen) atoms. The van der Waals surface area contributed by atoms with Crippen LogP contribution in [0.1, 0.15) is 24.8 Å². The van der Waals surface area contributed by atoms with Crippen LogP contribution in [0.3, 0.4) is 0 Å². The molecule has 0 amide bonds. The molecule has 1 aromatic rings. The second-order valence-corrected chi connectivity index (χ2v) is 4.73. The molecule has 2 nitrogen and oxygen atoms in total. The lowest BCUT2D eigenvalue weighted by Crippen LogP contribution is -2.38. The highest BCUT2D eigenvalue weighted by molar-refractivity contribution is 5.14. The summed E-state index contributed by atoms with van der Waals surface area (Å²) in [6.07, 6.45) is 4.91. The summed E-state index contributed by atoms with van der Waals surface area (Å²) in [5.41, 5.74) is 7.56. The topological polar surface area (TPSA) is 35.2 Å². The summed E-state index contributed by atoms with van der Waals surface area (Å²) in [6, 6.07) is 10.7. The van der Waals surface area contributed by atoms with Crippen molar-refractivity contribution in [3.63, 3.8) is 0 Å². The maximum absolute atomic E-state index is 6.19. The molecule has 0 saturated heterocycles. The van der Waals surface area contributed by atoms with Gasteiger partial charge in [0.1, 0.15) is 0 Å². The smallest absolute Gasteiger partial charge is 0.0750 e. The summed E-state index contributed by atoms with van der Waals surface area (Å²) in [5.74, 6) is 0.718. The summed E-state index contributed by atoms with van der Waals surface area (Å²) >= 11 is 0. The molecule has 2 heteroatoms. The van der Waals surface area contributed by atoms with E-state index in [1.54, 1.807) is 7.11 Å². The van der Waals surface area contributed by atoms with Crippen molar-refractivity contribution in [3.8, 4) is 0 Å². The van der Waals surface area contributed by atoms with Crippen LogP contribution in [-0.4, -0.2) is 19.3 Å². The first kappa shape index (κ1) is 11.6. The van der Waals surface area contributed by atoms with Gasteiger partial charge < -0.3 is 10.5 Å². The third kappa shape index (κ3) is 3.06. The van der Waals surface area contributed by atoms with Gasteiger partial charge in [-0.1, -0.05) is 30.3 Å². The molecule has 1 saturated carbocycles. The van der Waals surface area contributed by atoms with Crippen LogP contribution in [0.4, 0.5) is 0 Å². The molecular formula is C14H21NO. The van der Waals surface area contributed by atoms with Crippen molar-refractivity contribution in [1.29, 1.82) is 0 Å². The van der Waals surface area contributed by atoms with Crippen LogP contribution in [0.25, 0.3) is 0 Å². The fraction of sp³-hybridized carbons (Fsp3) is 0.571. The molecule has 2 rings (SSSR count). The molecule has 2 unspecified atom stereocenters. The highest BCUT2D eigenvalue weighted by atomic mass is 16.5. The van der Waals surface area contributed by atoms with Crippen molar-refractivity contribution in [2.75, 3.05) is 7.11 Å². The average molecular weight is 219 g/mol. The van der Waals surface area contributed by atoms with Crippen LogP contribution in [0.5, 0.6) is 0 Å². The largest absolute Gasteiger partial charge is 0.380 e. The fourth-order valence-electron chi connectivity index (χ4n) is 2.28. The molecule has 2 atom stereocenters. The van der Waals surface area contributed by atoms with Gasteiger partial charge in [0.25, 0.3) is 0 Å². The summed E-state index contributed by atoms with van der Waals surface area (Å²) in [7, 11) is 1.78. The summed E-state index contributed by atoms with van der Waals surface area (Å²) in [4.78, 5) is 0. The van der Waals surface area contributed by atoms with Gasteiger partial charge in [-0.25, -0.2) is 0 Å². The minimum atomic E-state index is 0.178. The summed E-state index contributed by atoms with van der Waals surface area (Å²) in [5, 5.41) is 0. The van der Waals surface area contributed by atoms with E-state index in [-0.39, 0.29) is 12.1 Å². The Morgan fingerprint density at radius 2 is 2.00 bits per heavy atom. The zero-order chi connectivity index (χ0) is 11.4. The number of rotatable bonds is 6. The standard InChI is InChI=1S/C14H21NO/c1-16-14(12-8-9-12)13(15)10-7-11-5-3-2-4-6-11/h2-6,12-14H,7-10,15H2,1H3. The van der Waals surface area contributed by atoms with Crippen molar-refractivity contribution >= 4 is 0 Å². The van der Waals surface area contributed by atoms with Crippen LogP contribution >= 0.6 is 0 Å². The van der Waals surface area contributed by atoms with Gasteiger partial charge in [-0.15, -0.1) is 0 Å². The number of hydrogen-bond acceptors (Lipinski definition) is 2. The van der Waals surface area contributed by atoms with Crippen LogP contribution < -0.4 is 5.73 Å². The molecule has 88 valence electrons. The summed E-state index contributed by atoms with van der Waals surface area (Å²) in [6.45, 7) is 0. The van der Waals surface area contributed by atoms with Crippen molar-refractivity contribution < 1.29 is 4.74 Å². The summed E-state index contributed by atoms with van der Waals surface area (Å²) < 4.78 is 5.50. The number of benzene rings is 1. The van der Waals surface area contributed by atoms with Crippen molar-refractivity contribution in [1.82, 2.24) is 0 Å². The van der Waals surface area contributed by atoms with Crippen LogP contribution in [0.15, 0.2) is 30.3 Å². The molecular weight excluding hydrogens is 198 g/mol. The predicted octanol–water partition coefficient (Wildman–Crippen LogP) is 2.37. The Morgan fingerprint density at radius 3 is 2.56 bits per heavy atom. The van der Waals surface area contributed by atoms with E-state index in [0.717, 1.165) is 18.8 Å². The molecule has 0 aromatic heterocycles. The third-order valence-corrected chi connectivity index (χ3v) is 3.39. The zero-order valence-corrected chi connectivity index (χ0v) is 9.93. The molecule has 0 spiro atoms. The number of methoxy groups -OCH3 is 1. The normalized spacial score (nSPS) is 19.4. The quantitative estimate of drug-likeness (QED) is 0.797. The molecule has 0 radical (unpaired) electrons. The Morgan fingerprint density at radius 1 is 1.31 bits per heavy atom. The van der Waals surface area contributed by atoms with Crippen LogP contribution in [-0.2, 0) is 11.2 Å². The number of hydrogen-bond donors (Lipinski definition) is 1. The first-order valence-electron chi connectivity index (χ1n) is 6.13. The van der Waals surface area contributed by atoms with E-state index in [1.807, 2.05) is 6.07 Å². The molecule has 1 aromatic carbocycles. The molecule has 1 aliphatic carbocycles. The van der Waals surface area contributed by atoms with Gasteiger partial charge >= 0.3 is 0 Å². The van der Waals surface area contributed by atoms with E-state index in [9.17, 15) is 0 Å². The predicted molar refractivity (Wildman–Crippen MR) is 66.3 cm³/mol. The van der Waals surface area contributed by atoms with Crippen molar-refractivity contribution in [2.24, 2.45) is 11.7 Å². The van der Waals surface area contributed by atoms with E-state index in [2.05, 4.69) is 24.3 Å². The van der Waals surface area contributed by atoms with Gasteiger partial charge in [0.2, 0.25) is 0 Å². The Kier molecular flexibility index (Phi) is 3.97. The Labute approximate surface area is 97.8 Å². The Balaban J connectivity index is 1.80. The SMILES string of the molecule is COC(C(N)CCc1ccccc1)C1CC1. The molecule has 0 aliphatic heterocycles. The number of nitrogens with two attached hydrogens (primary N) is 1. The van der Waals surface area contributed by atoms with Gasteiger partial charge in [-0.3, -0.25) is 0 Å². The Hall–Kier alpha value is -0.860. The minimum Gasteiger partial charge on any atom is -0.380 e. The Bertz CT molecular complexity index is 308. The van der Waals surface area contributed by atoms with E-state index >= 15 is 0 Å². The second kappa shape index (κ2) is 5.46. The number of aryl methyl sites for hydroxylation is 1. The molecule has 0 heterocycles. The lowest BCUT2D eigenvalue weighted by molar-refractivity contribution is 0.0603. The zero-order valence-electron chi connectivity index (χ0n) is 9.93. The van der Waals surface area contributed by atoms with Gasteiger partial charge in [-0.05, 0) is 37.2 Å². The van der Waals surface area contributed by atoms with E-state index in [1.165, 1.54) is 18.4 Å². The van der Waals surface area contributed by atoms with Crippen LogP contribution in [0.2, 0.25) is 0 Å². The third-order valence-electron chi connectivity index (χ3n) is 3.39. The lowest BCUT2D eigenvalue weighted by atomic mass is 9.99. The van der Waals surface area contributed by atoms with E-state index < -0.39 is 0 Å². The van der Waals surface area contributed by atoms with Crippen molar-refractivity contribution in [2.45, 2.75) is 37.8 Å². The van der Waals surface area contributed by atoms with Gasteiger partial charge in [0.05, 0.1) is 6.10 Å². The van der Waals surface area contributed by atoms with Gasteiger partial charge in [0, 0.05) is 13.2 Å². The molecule has 1 aliphatic rings.